The summed E-state index contributed by atoms with van der Waals surface area (Å²) in [7, 11) is 0. The Labute approximate surface area is 246 Å². The molecule has 3 amide bonds. The molecule has 0 aliphatic rings. The summed E-state index contributed by atoms with van der Waals surface area (Å²) in [5.41, 5.74) is 1.64. The van der Waals surface area contributed by atoms with E-state index in [1.54, 1.807) is 40.5 Å². The number of carboxylic acids is 1. The predicted molar refractivity (Wildman–Crippen MR) is 162 cm³/mol. The van der Waals surface area contributed by atoms with Gasteiger partial charge in [-0.05, 0) is 47.5 Å². The Kier molecular flexibility index (Phi) is 13.2. The molecule has 1 heterocycles. The van der Waals surface area contributed by atoms with Crippen LogP contribution < -0.4 is 15.4 Å². The molecule has 0 radical (unpaired) electrons. The summed E-state index contributed by atoms with van der Waals surface area (Å²) in [6.07, 6.45) is 3.77. The lowest BCUT2D eigenvalue weighted by molar-refractivity contribution is -0.137. The number of unbranched alkanes of at least 4 members (excludes halogenated alkanes) is 2. The number of carbonyl (C=O) groups excluding carboxylic acids is 2. The lowest BCUT2D eigenvalue weighted by Gasteiger charge is -2.28. The Morgan fingerprint density at radius 3 is 2.27 bits per heavy atom. The first-order valence-electron chi connectivity index (χ1n) is 14.3. The number of amides is 3. The van der Waals surface area contributed by atoms with E-state index in [9.17, 15) is 19.5 Å². The number of rotatable bonds is 17. The van der Waals surface area contributed by atoms with Gasteiger partial charge in [0.05, 0.1) is 25.6 Å². The molecule has 0 spiro atoms. The molecule has 8 nitrogen and oxygen atoms in total. The molecule has 9 heteroatoms. The van der Waals surface area contributed by atoms with E-state index < -0.39 is 24.1 Å². The third-order valence-electron chi connectivity index (χ3n) is 6.64. The smallest absolute Gasteiger partial charge is 0.315 e. The monoisotopic (exact) mass is 579 g/mol. The molecule has 41 heavy (non-hydrogen) atoms. The van der Waals surface area contributed by atoms with Crippen LogP contribution in [0.3, 0.4) is 0 Å². The number of carboxylic acid groups (broad SMARTS) is 1. The van der Waals surface area contributed by atoms with Gasteiger partial charge in [-0.15, -0.1) is 11.3 Å². The van der Waals surface area contributed by atoms with Gasteiger partial charge in [-0.25, -0.2) is 4.79 Å². The fourth-order valence-corrected chi connectivity index (χ4v) is 5.13. The van der Waals surface area contributed by atoms with E-state index in [2.05, 4.69) is 17.6 Å². The van der Waals surface area contributed by atoms with E-state index in [0.717, 1.165) is 36.1 Å². The number of thiophene rings is 1. The molecule has 0 fully saturated rings. The van der Waals surface area contributed by atoms with E-state index >= 15 is 0 Å². The number of carbonyl (C=O) groups is 3. The molecule has 220 valence electrons. The Bertz CT molecular complexity index is 1200. The van der Waals surface area contributed by atoms with Crippen LogP contribution in [0.15, 0.2) is 72.1 Å². The minimum Gasteiger partial charge on any atom is -0.494 e. The van der Waals surface area contributed by atoms with Crippen molar-refractivity contribution in [1.29, 1.82) is 0 Å². The second kappa shape index (κ2) is 17.1. The number of hydrogen-bond donors (Lipinski definition) is 3. The number of urea groups is 1. The van der Waals surface area contributed by atoms with Gasteiger partial charge in [-0.3, -0.25) is 9.59 Å². The van der Waals surface area contributed by atoms with Crippen molar-refractivity contribution in [3.8, 4) is 5.75 Å². The molecule has 0 saturated carbocycles. The van der Waals surface area contributed by atoms with Gasteiger partial charge in [-0.1, -0.05) is 81.6 Å². The Morgan fingerprint density at radius 1 is 0.902 bits per heavy atom. The molecule has 2 aromatic carbocycles. The van der Waals surface area contributed by atoms with Crippen LogP contribution in [0, 0.1) is 0 Å². The standard InChI is InChI=1S/C32H41N3O5S/c1-3-5-14-28(31(38)35(23-27-13-10-20-41-27)22-24-11-8-7-9-12-24)33-32(39)34-29(21-30(36)37)25-15-17-26(18-16-25)40-19-6-4-2/h7-13,15-18,20,28-29H,3-6,14,19,21-23H2,1-2H3,(H,36,37)(H2,33,34,39)/t28-,29?/m0/s1. The van der Waals surface area contributed by atoms with Crippen LogP contribution in [0.1, 0.15) is 74.4 Å². The van der Waals surface area contributed by atoms with Gasteiger partial charge in [0.1, 0.15) is 11.8 Å². The van der Waals surface area contributed by atoms with E-state index in [1.807, 2.05) is 54.8 Å². The molecule has 1 unspecified atom stereocenters. The van der Waals surface area contributed by atoms with Gasteiger partial charge in [0.25, 0.3) is 0 Å². The number of nitrogens with one attached hydrogen (secondary N) is 2. The number of benzene rings is 2. The lowest BCUT2D eigenvalue weighted by atomic mass is 10.0. The van der Waals surface area contributed by atoms with Crippen molar-refractivity contribution in [2.24, 2.45) is 0 Å². The fraction of sp³-hybridized carbons (Fsp3) is 0.406. The average Bonchev–Trinajstić information content (AvgIpc) is 3.48. The molecule has 1 aromatic heterocycles. The third kappa shape index (κ3) is 10.9. The predicted octanol–water partition coefficient (Wildman–Crippen LogP) is 6.53. The molecular formula is C32H41N3O5S. The highest BCUT2D eigenvalue weighted by molar-refractivity contribution is 7.09. The maximum Gasteiger partial charge on any atom is 0.315 e. The molecule has 0 bridgehead atoms. The number of hydrogen-bond acceptors (Lipinski definition) is 5. The summed E-state index contributed by atoms with van der Waals surface area (Å²) >= 11 is 1.58. The van der Waals surface area contributed by atoms with Gasteiger partial charge in [0.2, 0.25) is 5.91 Å². The summed E-state index contributed by atoms with van der Waals surface area (Å²) in [5, 5.41) is 17.2. The number of aliphatic carboxylic acids is 1. The average molecular weight is 580 g/mol. The van der Waals surface area contributed by atoms with Crippen LogP contribution >= 0.6 is 11.3 Å². The summed E-state index contributed by atoms with van der Waals surface area (Å²) in [5.74, 6) is -0.522. The Hall–Kier alpha value is -3.85. The quantitative estimate of drug-likeness (QED) is 0.158. The summed E-state index contributed by atoms with van der Waals surface area (Å²) in [6.45, 7) is 5.58. The van der Waals surface area contributed by atoms with Crippen molar-refractivity contribution in [2.45, 2.75) is 77.5 Å². The molecular weight excluding hydrogens is 538 g/mol. The molecule has 3 rings (SSSR count). The zero-order valence-corrected chi connectivity index (χ0v) is 24.7. The molecule has 0 aliphatic heterocycles. The molecule has 0 saturated heterocycles. The maximum atomic E-state index is 13.9. The van der Waals surface area contributed by atoms with Gasteiger partial charge in [-0.2, -0.15) is 0 Å². The lowest BCUT2D eigenvalue weighted by Crippen LogP contribution is -2.51. The van der Waals surface area contributed by atoms with Gasteiger partial charge < -0.3 is 25.4 Å². The van der Waals surface area contributed by atoms with Crippen molar-refractivity contribution in [2.75, 3.05) is 6.61 Å². The van der Waals surface area contributed by atoms with Crippen molar-refractivity contribution in [1.82, 2.24) is 15.5 Å². The fourth-order valence-electron chi connectivity index (χ4n) is 4.41. The van der Waals surface area contributed by atoms with Crippen LogP contribution in [0.2, 0.25) is 0 Å². The van der Waals surface area contributed by atoms with Crippen molar-refractivity contribution >= 4 is 29.2 Å². The summed E-state index contributed by atoms with van der Waals surface area (Å²) < 4.78 is 5.70. The van der Waals surface area contributed by atoms with Crippen molar-refractivity contribution in [3.05, 3.63) is 88.1 Å². The highest BCUT2D eigenvalue weighted by Crippen LogP contribution is 2.22. The molecule has 3 N–H and O–H groups in total. The zero-order valence-electron chi connectivity index (χ0n) is 23.9. The largest absolute Gasteiger partial charge is 0.494 e. The number of nitrogens with zero attached hydrogens (tertiary/aromatic N) is 1. The molecule has 3 aromatic rings. The normalized spacial score (nSPS) is 12.2. The second-order valence-corrected chi connectivity index (χ2v) is 11.0. The van der Waals surface area contributed by atoms with Crippen LogP contribution in [-0.2, 0) is 22.7 Å². The first-order chi connectivity index (χ1) is 19.9. The minimum absolute atomic E-state index is 0.172. The highest BCUT2D eigenvalue weighted by Gasteiger charge is 2.28. The first-order valence-corrected chi connectivity index (χ1v) is 15.1. The van der Waals surface area contributed by atoms with E-state index in [0.29, 0.717) is 37.4 Å². The topological polar surface area (TPSA) is 108 Å². The van der Waals surface area contributed by atoms with Crippen molar-refractivity contribution < 1.29 is 24.2 Å². The van der Waals surface area contributed by atoms with Gasteiger partial charge >= 0.3 is 12.0 Å². The number of ether oxygens (including phenoxy) is 1. The SMILES string of the molecule is CCCCOc1ccc(C(CC(=O)O)NC(=O)N[C@@H](CCCC)C(=O)N(Cc2ccccc2)Cc2cccs2)cc1. The van der Waals surface area contributed by atoms with Gasteiger partial charge in [0.15, 0.2) is 0 Å². The van der Waals surface area contributed by atoms with Crippen LogP contribution in [-0.4, -0.2) is 40.6 Å². The van der Waals surface area contributed by atoms with E-state index in [4.69, 9.17) is 4.74 Å². The van der Waals surface area contributed by atoms with Gasteiger partial charge in [0, 0.05) is 11.4 Å². The molecule has 0 aliphatic carbocycles. The maximum absolute atomic E-state index is 13.9. The second-order valence-electron chi connectivity index (χ2n) is 9.99. The minimum atomic E-state index is -1.04. The highest BCUT2D eigenvalue weighted by atomic mass is 32.1. The van der Waals surface area contributed by atoms with Crippen LogP contribution in [0.25, 0.3) is 0 Å². The molecule has 2 atom stereocenters. The summed E-state index contributed by atoms with van der Waals surface area (Å²) in [6, 6.07) is 18.7. The van der Waals surface area contributed by atoms with Crippen molar-refractivity contribution in [3.63, 3.8) is 0 Å². The third-order valence-corrected chi connectivity index (χ3v) is 7.50. The van der Waals surface area contributed by atoms with Crippen LogP contribution in [0.4, 0.5) is 4.79 Å². The summed E-state index contributed by atoms with van der Waals surface area (Å²) in [4.78, 5) is 41.6. The van der Waals surface area contributed by atoms with Crippen LogP contribution in [0.5, 0.6) is 5.75 Å². The van der Waals surface area contributed by atoms with E-state index in [1.165, 1.54) is 0 Å². The first kappa shape index (κ1) is 31.7. The zero-order chi connectivity index (χ0) is 29.5. The van der Waals surface area contributed by atoms with E-state index in [-0.39, 0.29) is 12.3 Å². The Morgan fingerprint density at radius 2 is 1.63 bits per heavy atom. The Balaban J connectivity index is 1.74.